The van der Waals surface area contributed by atoms with E-state index in [9.17, 15) is 4.21 Å². The Balaban J connectivity index is 1.70. The molecule has 0 radical (unpaired) electrons. The van der Waals surface area contributed by atoms with Gasteiger partial charge in [0.05, 0.1) is 21.1 Å². The molecule has 0 saturated heterocycles. The third-order valence-corrected chi connectivity index (χ3v) is 6.16. The van der Waals surface area contributed by atoms with Crippen LogP contribution in [0.5, 0.6) is 0 Å². The SMILES string of the molecule is O=S(N1CN=Cc2sccc21)N1CN=Cc2sccc21. The van der Waals surface area contributed by atoms with Gasteiger partial charge in [0, 0.05) is 12.4 Å². The van der Waals surface area contributed by atoms with Crippen LogP contribution in [0.15, 0.2) is 32.9 Å². The van der Waals surface area contributed by atoms with Crippen molar-refractivity contribution in [3.63, 3.8) is 0 Å². The van der Waals surface area contributed by atoms with Crippen LogP contribution in [0.25, 0.3) is 0 Å². The van der Waals surface area contributed by atoms with Gasteiger partial charge in [0.2, 0.25) is 11.2 Å². The van der Waals surface area contributed by atoms with E-state index in [1.165, 1.54) is 0 Å². The summed E-state index contributed by atoms with van der Waals surface area (Å²) in [6, 6.07) is 3.98. The fraction of sp³-hybridized carbons (Fsp3) is 0.167. The van der Waals surface area contributed by atoms with Gasteiger partial charge in [-0.05, 0) is 22.9 Å². The van der Waals surface area contributed by atoms with Crippen molar-refractivity contribution in [1.82, 2.24) is 0 Å². The fourth-order valence-electron chi connectivity index (χ4n) is 2.17. The summed E-state index contributed by atoms with van der Waals surface area (Å²) in [4.78, 5) is 10.7. The van der Waals surface area contributed by atoms with E-state index in [0.29, 0.717) is 13.3 Å². The summed E-state index contributed by atoms with van der Waals surface area (Å²) in [5.41, 5.74) is 1.96. The van der Waals surface area contributed by atoms with Crippen molar-refractivity contribution in [2.24, 2.45) is 9.98 Å². The van der Waals surface area contributed by atoms with Crippen molar-refractivity contribution in [2.45, 2.75) is 0 Å². The molecule has 0 aliphatic carbocycles. The quantitative estimate of drug-likeness (QED) is 0.838. The summed E-state index contributed by atoms with van der Waals surface area (Å²) in [5.74, 6) is 0. The molecule has 102 valence electrons. The highest BCUT2D eigenvalue weighted by Crippen LogP contribution is 2.33. The van der Waals surface area contributed by atoms with E-state index in [2.05, 4.69) is 9.98 Å². The van der Waals surface area contributed by atoms with Crippen molar-refractivity contribution >= 4 is 57.6 Å². The highest BCUT2D eigenvalue weighted by atomic mass is 32.2. The second-order valence-corrected chi connectivity index (χ2v) is 7.47. The number of fused-ring (bicyclic) bond motifs is 2. The lowest BCUT2D eigenvalue weighted by molar-refractivity contribution is 0.675. The van der Waals surface area contributed by atoms with Crippen LogP contribution in [0.4, 0.5) is 11.4 Å². The molecule has 2 aliphatic rings. The first-order valence-electron chi connectivity index (χ1n) is 5.96. The van der Waals surface area contributed by atoms with Crippen molar-refractivity contribution < 1.29 is 4.21 Å². The molecule has 2 aromatic rings. The normalized spacial score (nSPS) is 16.6. The molecule has 0 fully saturated rings. The highest BCUT2D eigenvalue weighted by molar-refractivity contribution is 7.88. The molecule has 2 aromatic heterocycles. The Morgan fingerprint density at radius 2 is 1.45 bits per heavy atom. The number of anilines is 2. The van der Waals surface area contributed by atoms with Crippen LogP contribution in [-0.4, -0.2) is 30.0 Å². The third kappa shape index (κ3) is 1.83. The summed E-state index contributed by atoms with van der Waals surface area (Å²) in [6.07, 6.45) is 3.69. The molecule has 0 spiro atoms. The lowest BCUT2D eigenvalue weighted by Gasteiger charge is -2.31. The Labute approximate surface area is 126 Å². The van der Waals surface area contributed by atoms with Crippen LogP contribution in [0.2, 0.25) is 0 Å². The van der Waals surface area contributed by atoms with Gasteiger partial charge in [-0.3, -0.25) is 18.6 Å². The van der Waals surface area contributed by atoms with Gasteiger partial charge in [-0.1, -0.05) is 0 Å². The zero-order valence-corrected chi connectivity index (χ0v) is 12.7. The molecule has 0 bridgehead atoms. The minimum atomic E-state index is -1.32. The summed E-state index contributed by atoms with van der Waals surface area (Å²) in [6.45, 7) is 0.825. The molecule has 8 heteroatoms. The third-order valence-electron chi connectivity index (χ3n) is 3.10. The lowest BCUT2D eigenvalue weighted by Crippen LogP contribution is -2.41. The van der Waals surface area contributed by atoms with E-state index in [0.717, 1.165) is 21.1 Å². The molecule has 4 heterocycles. The summed E-state index contributed by atoms with van der Waals surface area (Å²) < 4.78 is 16.5. The van der Waals surface area contributed by atoms with Gasteiger partial charge in [-0.2, -0.15) is 0 Å². The first-order chi connectivity index (χ1) is 9.84. The van der Waals surface area contributed by atoms with Crippen LogP contribution in [0.1, 0.15) is 9.75 Å². The average molecular weight is 322 g/mol. The Bertz CT molecular complexity index is 672. The first-order valence-corrected chi connectivity index (χ1v) is 8.78. The Morgan fingerprint density at radius 3 is 1.95 bits per heavy atom. The number of nitrogens with zero attached hydrogens (tertiary/aromatic N) is 4. The van der Waals surface area contributed by atoms with Crippen LogP contribution in [0, 0.1) is 0 Å². The van der Waals surface area contributed by atoms with E-state index in [1.807, 2.05) is 43.9 Å². The smallest absolute Gasteiger partial charge is 0.229 e. The Kier molecular flexibility index (Phi) is 2.94. The zero-order chi connectivity index (χ0) is 13.5. The molecule has 0 atom stereocenters. The standard InChI is InChI=1S/C12H10N4OS3/c17-20(15-7-13-5-11-9(15)1-3-18-11)16-8-14-6-12-10(16)2-4-19-12/h1-6H,7-8H2. The number of hydrogen-bond donors (Lipinski definition) is 0. The summed E-state index contributed by atoms with van der Waals surface area (Å²) in [5, 5.41) is 3.99. The monoisotopic (exact) mass is 322 g/mol. The van der Waals surface area contributed by atoms with Gasteiger partial charge in [-0.25, -0.2) is 4.21 Å². The number of rotatable bonds is 2. The molecular formula is C12H10N4OS3. The Hall–Kier alpha value is -1.51. The second kappa shape index (κ2) is 4.80. The van der Waals surface area contributed by atoms with Crippen LogP contribution in [-0.2, 0) is 11.2 Å². The predicted octanol–water partition coefficient (Wildman–Crippen LogP) is 2.48. The molecule has 0 saturated carbocycles. The molecule has 0 unspecified atom stereocenters. The molecule has 2 aliphatic heterocycles. The minimum absolute atomic E-state index is 0.413. The first kappa shape index (κ1) is 12.2. The molecule has 5 nitrogen and oxygen atoms in total. The van der Waals surface area contributed by atoms with Gasteiger partial charge in [0.15, 0.2) is 0 Å². The molecule has 0 amide bonds. The second-order valence-electron chi connectivity index (χ2n) is 4.23. The maximum absolute atomic E-state index is 12.9. The molecule has 4 rings (SSSR count). The molecule has 0 aromatic carbocycles. The predicted molar refractivity (Wildman–Crippen MR) is 86.7 cm³/mol. The lowest BCUT2D eigenvalue weighted by atomic mass is 10.4. The van der Waals surface area contributed by atoms with Gasteiger partial charge in [0.1, 0.15) is 13.3 Å². The van der Waals surface area contributed by atoms with Crippen molar-refractivity contribution in [1.29, 1.82) is 0 Å². The van der Waals surface area contributed by atoms with E-state index < -0.39 is 11.2 Å². The molecule has 0 N–H and O–H groups in total. The van der Waals surface area contributed by atoms with Crippen molar-refractivity contribution in [3.8, 4) is 0 Å². The van der Waals surface area contributed by atoms with E-state index in [-0.39, 0.29) is 0 Å². The highest BCUT2D eigenvalue weighted by Gasteiger charge is 2.28. The summed E-state index contributed by atoms with van der Waals surface area (Å²) >= 11 is 1.90. The van der Waals surface area contributed by atoms with Crippen LogP contribution < -0.4 is 8.61 Å². The average Bonchev–Trinajstić information content (AvgIpc) is 3.13. The van der Waals surface area contributed by atoms with Gasteiger partial charge >= 0.3 is 0 Å². The zero-order valence-electron chi connectivity index (χ0n) is 10.3. The fourth-order valence-corrected chi connectivity index (χ4v) is 5.06. The Morgan fingerprint density at radius 1 is 0.950 bits per heavy atom. The minimum Gasteiger partial charge on any atom is -0.269 e. The van der Waals surface area contributed by atoms with E-state index in [1.54, 1.807) is 22.7 Å². The van der Waals surface area contributed by atoms with Crippen molar-refractivity contribution in [2.75, 3.05) is 21.9 Å². The van der Waals surface area contributed by atoms with E-state index >= 15 is 0 Å². The van der Waals surface area contributed by atoms with Crippen LogP contribution in [0.3, 0.4) is 0 Å². The van der Waals surface area contributed by atoms with Crippen LogP contribution >= 0.6 is 22.7 Å². The number of hydrogen-bond acceptors (Lipinski definition) is 5. The maximum atomic E-state index is 12.9. The van der Waals surface area contributed by atoms with Gasteiger partial charge in [-0.15, -0.1) is 22.7 Å². The summed E-state index contributed by atoms with van der Waals surface area (Å²) in [7, 11) is 0. The topological polar surface area (TPSA) is 48.3 Å². The molecule has 20 heavy (non-hydrogen) atoms. The molecular weight excluding hydrogens is 312 g/mol. The van der Waals surface area contributed by atoms with Gasteiger partial charge < -0.3 is 0 Å². The van der Waals surface area contributed by atoms with Crippen molar-refractivity contribution in [3.05, 3.63) is 32.6 Å². The van der Waals surface area contributed by atoms with E-state index in [4.69, 9.17) is 0 Å². The number of aliphatic imine (C=N–C) groups is 2. The largest absolute Gasteiger partial charge is 0.269 e. The van der Waals surface area contributed by atoms with Gasteiger partial charge in [0.25, 0.3) is 0 Å². The number of thiophene rings is 2. The maximum Gasteiger partial charge on any atom is 0.229 e.